The lowest BCUT2D eigenvalue weighted by atomic mass is 10.1. The van der Waals surface area contributed by atoms with Gasteiger partial charge in [0.1, 0.15) is 5.75 Å². The van der Waals surface area contributed by atoms with Gasteiger partial charge in [-0.25, -0.2) is 0 Å². The van der Waals surface area contributed by atoms with Crippen LogP contribution in [0.2, 0.25) is 0 Å². The first-order chi connectivity index (χ1) is 6.29. The molecule has 0 aliphatic heterocycles. The first-order valence-electron chi connectivity index (χ1n) is 3.86. The smallest absolute Gasteiger partial charge is 0.125 e. The van der Waals surface area contributed by atoms with Gasteiger partial charge in [0.05, 0.1) is 17.6 Å². The number of hydrogen-bond donors (Lipinski definition) is 3. The van der Waals surface area contributed by atoms with Crippen LogP contribution >= 0.6 is 0 Å². The van der Waals surface area contributed by atoms with Crippen LogP contribution in [-0.4, -0.2) is 15.3 Å². The van der Waals surface area contributed by atoms with Gasteiger partial charge in [0.2, 0.25) is 0 Å². The lowest BCUT2D eigenvalue weighted by Gasteiger charge is -2.01. The highest BCUT2D eigenvalue weighted by Crippen LogP contribution is 2.30. The average molecular weight is 175 g/mol. The third-order valence-corrected chi connectivity index (χ3v) is 1.84. The predicted octanol–water partition coefficient (Wildman–Crippen LogP) is 1.36. The highest BCUT2D eigenvalue weighted by atomic mass is 16.3. The Labute approximate surface area is 75.0 Å². The number of benzene rings is 1. The number of anilines is 1. The van der Waals surface area contributed by atoms with Crippen molar-refractivity contribution >= 4 is 5.69 Å². The Bertz CT molecular complexity index is 422. The molecule has 1 heterocycles. The molecule has 0 amide bonds. The van der Waals surface area contributed by atoms with E-state index in [1.54, 1.807) is 18.2 Å². The number of nitrogen functional groups attached to an aromatic ring is 1. The van der Waals surface area contributed by atoms with Crippen LogP contribution in [0.1, 0.15) is 0 Å². The molecule has 0 bridgehead atoms. The maximum Gasteiger partial charge on any atom is 0.125 e. The third-order valence-electron chi connectivity index (χ3n) is 1.84. The number of para-hydroxylation sites is 1. The van der Waals surface area contributed by atoms with Gasteiger partial charge >= 0.3 is 0 Å². The molecule has 0 aliphatic rings. The van der Waals surface area contributed by atoms with Gasteiger partial charge in [-0.05, 0) is 12.1 Å². The van der Waals surface area contributed by atoms with E-state index in [0.29, 0.717) is 16.9 Å². The Hall–Kier alpha value is -1.97. The number of aromatic hydroxyl groups is 1. The van der Waals surface area contributed by atoms with Crippen LogP contribution in [0, 0.1) is 0 Å². The molecule has 0 saturated carbocycles. The quantitative estimate of drug-likeness (QED) is 0.612. The molecular weight excluding hydrogens is 166 g/mol. The molecule has 13 heavy (non-hydrogen) atoms. The Morgan fingerprint density at radius 1 is 1.31 bits per heavy atom. The molecule has 1 aromatic heterocycles. The minimum atomic E-state index is 0.193. The number of H-pyrrole nitrogens is 1. The fraction of sp³-hybridized carbons (Fsp3) is 0. The molecule has 4 heteroatoms. The molecule has 66 valence electrons. The zero-order valence-corrected chi connectivity index (χ0v) is 6.86. The SMILES string of the molecule is Nc1cn[nH]c1-c1ccccc1O. The van der Waals surface area contributed by atoms with E-state index in [1.165, 1.54) is 6.20 Å². The van der Waals surface area contributed by atoms with Crippen LogP contribution in [0.4, 0.5) is 5.69 Å². The molecule has 2 rings (SSSR count). The van der Waals surface area contributed by atoms with Crippen molar-refractivity contribution < 1.29 is 5.11 Å². The number of aromatic nitrogens is 2. The van der Waals surface area contributed by atoms with E-state index in [-0.39, 0.29) is 5.75 Å². The lowest BCUT2D eigenvalue weighted by molar-refractivity contribution is 0.477. The van der Waals surface area contributed by atoms with Gasteiger partial charge < -0.3 is 10.8 Å². The summed E-state index contributed by atoms with van der Waals surface area (Å²) < 4.78 is 0. The van der Waals surface area contributed by atoms with Gasteiger partial charge in [-0.1, -0.05) is 12.1 Å². The standard InChI is InChI=1S/C9H9N3O/c10-7-5-11-12-9(7)6-3-1-2-4-8(6)13/h1-5,13H,10H2,(H,11,12). The molecule has 0 aliphatic carbocycles. The summed E-state index contributed by atoms with van der Waals surface area (Å²) in [6, 6.07) is 6.97. The summed E-state index contributed by atoms with van der Waals surface area (Å²) in [6.45, 7) is 0. The summed E-state index contributed by atoms with van der Waals surface area (Å²) in [5, 5.41) is 16.0. The van der Waals surface area contributed by atoms with Crippen molar-refractivity contribution in [2.75, 3.05) is 5.73 Å². The minimum Gasteiger partial charge on any atom is -0.507 e. The van der Waals surface area contributed by atoms with Gasteiger partial charge in [-0.2, -0.15) is 5.10 Å². The number of nitrogens with one attached hydrogen (secondary N) is 1. The summed E-state index contributed by atoms with van der Waals surface area (Å²) in [5.74, 6) is 0.193. The Morgan fingerprint density at radius 3 is 2.69 bits per heavy atom. The summed E-state index contributed by atoms with van der Waals surface area (Å²) in [4.78, 5) is 0. The highest BCUT2D eigenvalue weighted by molar-refractivity contribution is 5.76. The number of phenols is 1. The van der Waals surface area contributed by atoms with E-state index in [4.69, 9.17) is 5.73 Å². The second-order valence-electron chi connectivity index (χ2n) is 2.72. The van der Waals surface area contributed by atoms with Crippen molar-refractivity contribution in [2.24, 2.45) is 0 Å². The predicted molar refractivity (Wildman–Crippen MR) is 50.1 cm³/mol. The van der Waals surface area contributed by atoms with Gasteiger partial charge in [-0.15, -0.1) is 0 Å². The molecule has 2 aromatic rings. The van der Waals surface area contributed by atoms with Crippen molar-refractivity contribution in [3.05, 3.63) is 30.5 Å². The third kappa shape index (κ3) is 1.22. The van der Waals surface area contributed by atoms with Crippen molar-refractivity contribution in [1.82, 2.24) is 10.2 Å². The molecule has 0 atom stereocenters. The lowest BCUT2D eigenvalue weighted by Crippen LogP contribution is -1.86. The Balaban J connectivity index is 2.59. The van der Waals surface area contributed by atoms with Crippen LogP contribution in [0.25, 0.3) is 11.3 Å². The maximum atomic E-state index is 9.50. The normalized spacial score (nSPS) is 10.2. The molecular formula is C9H9N3O. The molecule has 0 spiro atoms. The van der Waals surface area contributed by atoms with Gasteiger partial charge in [0.25, 0.3) is 0 Å². The van der Waals surface area contributed by atoms with Gasteiger partial charge in [0, 0.05) is 5.56 Å². The molecule has 4 N–H and O–H groups in total. The van der Waals surface area contributed by atoms with Crippen LogP contribution in [0.5, 0.6) is 5.75 Å². The van der Waals surface area contributed by atoms with E-state index in [1.807, 2.05) is 6.07 Å². The van der Waals surface area contributed by atoms with E-state index < -0.39 is 0 Å². The molecule has 1 aromatic carbocycles. The largest absolute Gasteiger partial charge is 0.507 e. The zero-order chi connectivity index (χ0) is 9.26. The number of nitrogens with two attached hydrogens (primary N) is 1. The van der Waals surface area contributed by atoms with E-state index in [2.05, 4.69) is 10.2 Å². The number of phenolic OH excluding ortho intramolecular Hbond substituents is 1. The van der Waals surface area contributed by atoms with Crippen molar-refractivity contribution in [2.45, 2.75) is 0 Å². The van der Waals surface area contributed by atoms with Crippen LogP contribution in [-0.2, 0) is 0 Å². The summed E-state index contributed by atoms with van der Waals surface area (Å²) in [6.07, 6.45) is 1.52. The fourth-order valence-electron chi connectivity index (χ4n) is 1.20. The maximum absolute atomic E-state index is 9.50. The summed E-state index contributed by atoms with van der Waals surface area (Å²) in [5.41, 5.74) is 7.48. The van der Waals surface area contributed by atoms with Gasteiger partial charge in [-0.3, -0.25) is 5.10 Å². The Kier molecular flexibility index (Phi) is 1.66. The second-order valence-corrected chi connectivity index (χ2v) is 2.72. The van der Waals surface area contributed by atoms with Crippen LogP contribution in [0.15, 0.2) is 30.5 Å². The highest BCUT2D eigenvalue weighted by Gasteiger charge is 2.07. The summed E-state index contributed by atoms with van der Waals surface area (Å²) in [7, 11) is 0. The second kappa shape index (κ2) is 2.82. The molecule has 0 radical (unpaired) electrons. The number of hydrogen-bond acceptors (Lipinski definition) is 3. The molecule has 4 nitrogen and oxygen atoms in total. The first-order valence-corrected chi connectivity index (χ1v) is 3.86. The van der Waals surface area contributed by atoms with Crippen molar-refractivity contribution in [1.29, 1.82) is 0 Å². The van der Waals surface area contributed by atoms with Gasteiger partial charge in [0.15, 0.2) is 0 Å². The van der Waals surface area contributed by atoms with Crippen molar-refractivity contribution in [3.8, 4) is 17.0 Å². The molecule has 0 unspecified atom stereocenters. The van der Waals surface area contributed by atoms with E-state index in [9.17, 15) is 5.11 Å². The minimum absolute atomic E-state index is 0.193. The first kappa shape index (κ1) is 7.67. The average Bonchev–Trinajstić information content (AvgIpc) is 2.52. The Morgan fingerprint density at radius 2 is 2.08 bits per heavy atom. The number of aromatic amines is 1. The van der Waals surface area contributed by atoms with E-state index >= 15 is 0 Å². The fourth-order valence-corrected chi connectivity index (χ4v) is 1.20. The number of nitrogens with zero attached hydrogens (tertiary/aromatic N) is 1. The molecule has 0 fully saturated rings. The summed E-state index contributed by atoms with van der Waals surface area (Å²) >= 11 is 0. The molecule has 0 saturated heterocycles. The van der Waals surface area contributed by atoms with Crippen LogP contribution < -0.4 is 5.73 Å². The zero-order valence-electron chi connectivity index (χ0n) is 6.86. The monoisotopic (exact) mass is 175 g/mol. The number of rotatable bonds is 1. The topological polar surface area (TPSA) is 74.9 Å². The van der Waals surface area contributed by atoms with Crippen molar-refractivity contribution in [3.63, 3.8) is 0 Å². The van der Waals surface area contributed by atoms with Crippen LogP contribution in [0.3, 0.4) is 0 Å². The van der Waals surface area contributed by atoms with E-state index in [0.717, 1.165) is 0 Å².